The van der Waals surface area contributed by atoms with E-state index in [1.54, 1.807) is 4.72 Å². The lowest BCUT2D eigenvalue weighted by Gasteiger charge is -2.17. The maximum absolute atomic E-state index is 12.0. The monoisotopic (exact) mass is 318 g/mol. The second-order valence-corrected chi connectivity index (χ2v) is 6.10. The number of carboxylic acid groups (broad SMARTS) is 1. The highest BCUT2D eigenvalue weighted by Crippen LogP contribution is 2.22. The number of nitrogens with one attached hydrogen (secondary N) is 1. The molecule has 0 radical (unpaired) electrons. The zero-order valence-corrected chi connectivity index (χ0v) is 12.0. The second-order valence-electron chi connectivity index (χ2n) is 4.38. The molecule has 0 spiro atoms. The molecule has 3 N–H and O–H groups in total. The number of hydrogen-bond donors (Lipinski definition) is 3. The van der Waals surface area contributed by atoms with Crippen LogP contribution in [0.3, 0.4) is 0 Å². The molecule has 0 saturated carbocycles. The van der Waals surface area contributed by atoms with Crippen molar-refractivity contribution in [2.45, 2.75) is 30.9 Å². The molecule has 0 heterocycles. The van der Waals surface area contributed by atoms with E-state index in [4.69, 9.17) is 5.11 Å². The lowest BCUT2D eigenvalue weighted by Crippen LogP contribution is -2.47. The molecular weight excluding hydrogens is 304 g/mol. The molecular formula is C11H14N2O7S. The van der Waals surface area contributed by atoms with Crippen molar-refractivity contribution in [1.29, 1.82) is 0 Å². The van der Waals surface area contributed by atoms with Crippen LogP contribution in [-0.4, -0.2) is 41.7 Å². The molecule has 0 aliphatic carbocycles. The summed E-state index contributed by atoms with van der Waals surface area (Å²) in [5.41, 5.74) is -0.133. The Labute approximate surface area is 120 Å². The fourth-order valence-electron chi connectivity index (χ4n) is 1.54. The molecule has 1 aromatic rings. The number of aliphatic carboxylic acids is 1. The van der Waals surface area contributed by atoms with Gasteiger partial charge < -0.3 is 10.2 Å². The minimum atomic E-state index is -4.32. The first-order chi connectivity index (χ1) is 9.56. The van der Waals surface area contributed by atoms with Crippen LogP contribution in [0.5, 0.6) is 0 Å². The van der Waals surface area contributed by atoms with Gasteiger partial charge in [0.1, 0.15) is 6.04 Å². The number of hydrogen-bond acceptors (Lipinski definition) is 6. The molecule has 0 fully saturated rings. The average Bonchev–Trinajstić information content (AvgIpc) is 2.35. The Hall–Kier alpha value is -2.04. The van der Waals surface area contributed by atoms with Crippen LogP contribution in [0.15, 0.2) is 23.1 Å². The van der Waals surface area contributed by atoms with E-state index in [2.05, 4.69) is 0 Å². The van der Waals surface area contributed by atoms with Crippen molar-refractivity contribution < 1.29 is 28.3 Å². The van der Waals surface area contributed by atoms with E-state index in [1.807, 2.05) is 0 Å². The minimum absolute atomic E-state index is 0.268. The Morgan fingerprint density at radius 2 is 2.00 bits per heavy atom. The third-order valence-corrected chi connectivity index (χ3v) is 4.16. The van der Waals surface area contributed by atoms with Crippen molar-refractivity contribution in [2.24, 2.45) is 0 Å². The van der Waals surface area contributed by atoms with Gasteiger partial charge in [0.05, 0.1) is 15.9 Å². The van der Waals surface area contributed by atoms with E-state index < -0.39 is 43.6 Å². The van der Waals surface area contributed by atoms with Gasteiger partial charge in [-0.3, -0.25) is 14.9 Å². The number of nitrogens with zero attached hydrogens (tertiary/aromatic N) is 1. The molecule has 0 aliphatic rings. The molecule has 0 aliphatic heterocycles. The standard InChI is InChI=1S/C11H14N2O7S/c1-6-3-4-8(5-9(6)13(17)18)21(19,20)12-10(7(2)14)11(15)16/h3-5,7,10,12,14H,1-2H3,(H,15,16). The van der Waals surface area contributed by atoms with Crippen LogP contribution < -0.4 is 4.72 Å². The Morgan fingerprint density at radius 3 is 2.43 bits per heavy atom. The van der Waals surface area contributed by atoms with Crippen molar-refractivity contribution in [3.05, 3.63) is 33.9 Å². The first-order valence-corrected chi connectivity index (χ1v) is 7.23. The van der Waals surface area contributed by atoms with Gasteiger partial charge in [-0.25, -0.2) is 8.42 Å². The topological polar surface area (TPSA) is 147 Å². The van der Waals surface area contributed by atoms with E-state index in [-0.39, 0.29) is 5.56 Å². The molecule has 9 nitrogen and oxygen atoms in total. The Balaban J connectivity index is 3.22. The zero-order chi connectivity index (χ0) is 16.4. The number of rotatable bonds is 6. The SMILES string of the molecule is Cc1ccc(S(=O)(=O)NC(C(=O)O)C(C)O)cc1[N+](=O)[O-]. The van der Waals surface area contributed by atoms with E-state index >= 15 is 0 Å². The molecule has 2 unspecified atom stereocenters. The van der Waals surface area contributed by atoms with Gasteiger partial charge in [0.25, 0.3) is 5.69 Å². The van der Waals surface area contributed by atoms with Crippen LogP contribution in [-0.2, 0) is 14.8 Å². The number of carbonyl (C=O) groups is 1. The summed E-state index contributed by atoms with van der Waals surface area (Å²) in [6.45, 7) is 2.55. The van der Waals surface area contributed by atoms with Crippen LogP contribution in [0.2, 0.25) is 0 Å². The van der Waals surface area contributed by atoms with Crippen molar-refractivity contribution >= 4 is 21.7 Å². The molecule has 10 heteroatoms. The van der Waals surface area contributed by atoms with Gasteiger partial charge in [-0.15, -0.1) is 0 Å². The fourth-order valence-corrected chi connectivity index (χ4v) is 2.83. The summed E-state index contributed by atoms with van der Waals surface area (Å²) in [5.74, 6) is -1.56. The smallest absolute Gasteiger partial charge is 0.324 e. The van der Waals surface area contributed by atoms with Crippen molar-refractivity contribution in [3.8, 4) is 0 Å². The Morgan fingerprint density at radius 1 is 1.43 bits per heavy atom. The molecule has 0 saturated heterocycles. The van der Waals surface area contributed by atoms with Crippen LogP contribution in [0.1, 0.15) is 12.5 Å². The minimum Gasteiger partial charge on any atom is -0.480 e. The highest BCUT2D eigenvalue weighted by atomic mass is 32.2. The molecule has 0 bridgehead atoms. The third kappa shape index (κ3) is 3.97. The van der Waals surface area contributed by atoms with Crippen LogP contribution in [0.25, 0.3) is 0 Å². The number of nitro benzene ring substituents is 1. The van der Waals surface area contributed by atoms with Gasteiger partial charge in [-0.1, -0.05) is 6.07 Å². The number of aryl methyl sites for hydroxylation is 1. The average molecular weight is 318 g/mol. The molecule has 116 valence electrons. The number of benzene rings is 1. The zero-order valence-electron chi connectivity index (χ0n) is 11.2. The van der Waals surface area contributed by atoms with Crippen LogP contribution in [0, 0.1) is 17.0 Å². The molecule has 0 aromatic heterocycles. The third-order valence-electron chi connectivity index (χ3n) is 2.72. The molecule has 0 amide bonds. The van der Waals surface area contributed by atoms with E-state index in [0.29, 0.717) is 0 Å². The summed E-state index contributed by atoms with van der Waals surface area (Å²) in [7, 11) is -4.32. The van der Waals surface area contributed by atoms with Gasteiger partial charge in [0, 0.05) is 11.6 Å². The second kappa shape index (κ2) is 6.16. The molecule has 1 aromatic carbocycles. The van der Waals surface area contributed by atoms with E-state index in [9.17, 15) is 28.4 Å². The summed E-state index contributed by atoms with van der Waals surface area (Å²) >= 11 is 0. The Kier molecular flexibility index (Phi) is 4.99. The summed E-state index contributed by atoms with van der Waals surface area (Å²) < 4.78 is 25.9. The molecule has 1 rings (SSSR count). The fraction of sp³-hybridized carbons (Fsp3) is 0.364. The van der Waals surface area contributed by atoms with Gasteiger partial charge in [-0.2, -0.15) is 4.72 Å². The summed E-state index contributed by atoms with van der Waals surface area (Å²) in [6.07, 6.45) is -1.47. The normalized spacial score (nSPS) is 14.4. The van der Waals surface area contributed by atoms with Crippen molar-refractivity contribution in [2.75, 3.05) is 0 Å². The maximum Gasteiger partial charge on any atom is 0.324 e. The van der Waals surface area contributed by atoms with Crippen molar-refractivity contribution in [3.63, 3.8) is 0 Å². The Bertz CT molecular complexity index is 669. The van der Waals surface area contributed by atoms with Gasteiger partial charge in [0.2, 0.25) is 10.0 Å². The van der Waals surface area contributed by atoms with E-state index in [1.165, 1.54) is 13.0 Å². The lowest BCUT2D eigenvalue weighted by atomic mass is 10.2. The summed E-state index contributed by atoms with van der Waals surface area (Å²) in [4.78, 5) is 20.5. The maximum atomic E-state index is 12.0. The quantitative estimate of drug-likeness (QED) is 0.494. The number of sulfonamides is 1. The largest absolute Gasteiger partial charge is 0.480 e. The number of nitro groups is 1. The number of aliphatic hydroxyl groups is 1. The summed E-state index contributed by atoms with van der Waals surface area (Å²) in [5, 5.41) is 28.9. The van der Waals surface area contributed by atoms with Crippen LogP contribution in [0.4, 0.5) is 5.69 Å². The predicted octanol–water partition coefficient (Wildman–Crippen LogP) is 0.0155. The predicted molar refractivity (Wildman–Crippen MR) is 71.3 cm³/mol. The summed E-state index contributed by atoms with van der Waals surface area (Å²) in [6, 6.07) is 1.44. The van der Waals surface area contributed by atoms with Crippen LogP contribution >= 0.6 is 0 Å². The number of aliphatic hydroxyl groups excluding tert-OH is 1. The molecule has 21 heavy (non-hydrogen) atoms. The van der Waals surface area contributed by atoms with E-state index in [0.717, 1.165) is 19.1 Å². The first kappa shape index (κ1) is 17.0. The van der Waals surface area contributed by atoms with Gasteiger partial charge in [0.15, 0.2) is 0 Å². The number of carboxylic acids is 1. The lowest BCUT2D eigenvalue weighted by molar-refractivity contribution is -0.385. The highest BCUT2D eigenvalue weighted by molar-refractivity contribution is 7.89. The molecule has 2 atom stereocenters. The first-order valence-electron chi connectivity index (χ1n) is 5.74. The van der Waals surface area contributed by atoms with Gasteiger partial charge in [-0.05, 0) is 19.9 Å². The highest BCUT2D eigenvalue weighted by Gasteiger charge is 2.30. The van der Waals surface area contributed by atoms with Gasteiger partial charge >= 0.3 is 5.97 Å². The van der Waals surface area contributed by atoms with Crippen molar-refractivity contribution in [1.82, 2.24) is 4.72 Å².